The number of non-ortho nitro benzene ring substituents is 1. The maximum Gasteiger partial charge on any atom is 0.269 e. The Morgan fingerprint density at radius 1 is 1.19 bits per heavy atom. The number of rotatable bonds is 2. The van der Waals surface area contributed by atoms with Crippen LogP contribution in [0.25, 0.3) is 0 Å². The van der Waals surface area contributed by atoms with Gasteiger partial charge in [0, 0.05) is 46.6 Å². The smallest absolute Gasteiger partial charge is 0.258 e. The van der Waals surface area contributed by atoms with E-state index >= 15 is 0 Å². The second kappa shape index (κ2) is 5.50. The van der Waals surface area contributed by atoms with Crippen molar-refractivity contribution >= 4 is 40.2 Å². The van der Waals surface area contributed by atoms with E-state index in [2.05, 4.69) is 15.5 Å². The van der Waals surface area contributed by atoms with Crippen LogP contribution >= 0.6 is 23.7 Å². The second-order valence-electron chi connectivity index (χ2n) is 4.58. The summed E-state index contributed by atoms with van der Waals surface area (Å²) < 4.78 is 5.55. The van der Waals surface area contributed by atoms with E-state index in [0.717, 1.165) is 31.8 Å². The van der Waals surface area contributed by atoms with Gasteiger partial charge in [0.05, 0.1) is 9.16 Å². The molecule has 2 aliphatic rings. The Kier molecular flexibility index (Phi) is 3.69. The topological polar surface area (TPSA) is 67.9 Å². The Morgan fingerprint density at radius 2 is 1.90 bits per heavy atom. The number of nitro groups is 1. The van der Waals surface area contributed by atoms with E-state index < -0.39 is 4.92 Å². The highest BCUT2D eigenvalue weighted by Gasteiger charge is 2.22. The number of nitro benzene ring substituents is 1. The van der Waals surface area contributed by atoms with Crippen molar-refractivity contribution < 1.29 is 4.92 Å². The predicted octanol–water partition coefficient (Wildman–Crippen LogP) is 4.33. The fraction of sp³-hybridized carbons (Fsp3) is 0.143. The summed E-state index contributed by atoms with van der Waals surface area (Å²) in [5, 5.41) is 11.5. The standard InChI is InChI=1S/C14H11N3O2S2/c1-8-7-12(9(2)15-8)14-20-13(16-21-14)10-3-5-11(6-4-10)17(18)19/h3-7H,1-2H3/b14-12+. The summed E-state index contributed by atoms with van der Waals surface area (Å²) in [6, 6.07) is 6.46. The molecule has 106 valence electrons. The molecule has 0 N–H and O–H groups in total. The summed E-state index contributed by atoms with van der Waals surface area (Å²) in [4.78, 5) is 14.7. The van der Waals surface area contributed by atoms with Gasteiger partial charge in [-0.3, -0.25) is 15.1 Å². The molecule has 3 rings (SSSR count). The quantitative estimate of drug-likeness (QED) is 0.462. The van der Waals surface area contributed by atoms with E-state index in [-0.39, 0.29) is 5.69 Å². The molecule has 7 heteroatoms. The summed E-state index contributed by atoms with van der Waals surface area (Å²) in [7, 11) is 0. The van der Waals surface area contributed by atoms with Gasteiger partial charge in [0.1, 0.15) is 5.04 Å². The van der Waals surface area contributed by atoms with Gasteiger partial charge in [-0.05, 0) is 32.1 Å². The highest BCUT2D eigenvalue weighted by Crippen LogP contribution is 2.44. The highest BCUT2D eigenvalue weighted by molar-refractivity contribution is 8.32. The number of allylic oxidation sites excluding steroid dienone is 3. The van der Waals surface area contributed by atoms with E-state index in [1.165, 1.54) is 24.1 Å². The molecule has 0 aromatic heterocycles. The Morgan fingerprint density at radius 3 is 2.48 bits per heavy atom. The fourth-order valence-corrected chi connectivity index (χ4v) is 4.11. The number of benzene rings is 1. The molecule has 21 heavy (non-hydrogen) atoms. The van der Waals surface area contributed by atoms with Crippen LogP contribution in [0.4, 0.5) is 5.69 Å². The summed E-state index contributed by atoms with van der Waals surface area (Å²) in [6.07, 6.45) is 2.05. The lowest BCUT2D eigenvalue weighted by molar-refractivity contribution is -0.384. The number of aliphatic imine (C=N–C) groups is 1. The Bertz CT molecular complexity index is 746. The SMILES string of the molecule is CC1=C/C(=C2\SN=C(c3ccc([N+](=O)[O-])cc3)S2)C(C)=N1. The van der Waals surface area contributed by atoms with Crippen molar-refractivity contribution in [2.24, 2.45) is 9.39 Å². The molecule has 0 unspecified atom stereocenters. The molecule has 0 spiro atoms. The van der Waals surface area contributed by atoms with Gasteiger partial charge in [0.2, 0.25) is 0 Å². The van der Waals surface area contributed by atoms with Crippen molar-refractivity contribution in [3.63, 3.8) is 0 Å². The number of hydrogen-bond donors (Lipinski definition) is 0. The molecule has 2 aliphatic heterocycles. The minimum absolute atomic E-state index is 0.0888. The Labute approximate surface area is 130 Å². The van der Waals surface area contributed by atoms with Gasteiger partial charge in [-0.15, -0.1) is 0 Å². The molecule has 0 atom stereocenters. The zero-order valence-corrected chi connectivity index (χ0v) is 13.0. The maximum absolute atomic E-state index is 10.7. The molecule has 0 bridgehead atoms. The second-order valence-corrected chi connectivity index (χ2v) is 6.61. The van der Waals surface area contributed by atoms with Gasteiger partial charge in [0.25, 0.3) is 5.69 Å². The molecule has 0 radical (unpaired) electrons. The summed E-state index contributed by atoms with van der Waals surface area (Å²) in [6.45, 7) is 3.96. The number of hydrogen-bond acceptors (Lipinski definition) is 6. The fourth-order valence-electron chi connectivity index (χ4n) is 2.03. The normalized spacial score (nSPS) is 21.1. The lowest BCUT2D eigenvalue weighted by Gasteiger charge is -2.01. The molecule has 0 saturated carbocycles. The molecule has 1 aromatic carbocycles. The zero-order chi connectivity index (χ0) is 15.0. The van der Waals surface area contributed by atoms with Crippen LogP contribution in [0, 0.1) is 10.1 Å². The molecule has 2 heterocycles. The van der Waals surface area contributed by atoms with E-state index in [0.29, 0.717) is 0 Å². The minimum atomic E-state index is -0.401. The number of nitrogens with zero attached hydrogens (tertiary/aromatic N) is 3. The van der Waals surface area contributed by atoms with Crippen LogP contribution in [-0.2, 0) is 0 Å². The third-order valence-electron chi connectivity index (χ3n) is 3.03. The molecule has 0 aliphatic carbocycles. The first kappa shape index (κ1) is 14.1. The van der Waals surface area contributed by atoms with Crippen molar-refractivity contribution in [3.05, 3.63) is 61.5 Å². The van der Waals surface area contributed by atoms with Crippen LogP contribution in [0.1, 0.15) is 19.4 Å². The average molecular weight is 317 g/mol. The van der Waals surface area contributed by atoms with Crippen molar-refractivity contribution in [2.45, 2.75) is 13.8 Å². The molecule has 0 amide bonds. The minimum Gasteiger partial charge on any atom is -0.258 e. The monoisotopic (exact) mass is 317 g/mol. The van der Waals surface area contributed by atoms with Crippen molar-refractivity contribution in [2.75, 3.05) is 0 Å². The third-order valence-corrected chi connectivity index (χ3v) is 5.21. The van der Waals surface area contributed by atoms with E-state index in [1.54, 1.807) is 23.9 Å². The largest absolute Gasteiger partial charge is 0.269 e. The zero-order valence-electron chi connectivity index (χ0n) is 11.4. The van der Waals surface area contributed by atoms with Crippen LogP contribution < -0.4 is 0 Å². The number of thioether (sulfide) groups is 1. The van der Waals surface area contributed by atoms with Crippen LogP contribution in [-0.4, -0.2) is 15.7 Å². The van der Waals surface area contributed by atoms with Gasteiger partial charge in [-0.1, -0.05) is 11.8 Å². The van der Waals surface area contributed by atoms with E-state index in [9.17, 15) is 10.1 Å². The van der Waals surface area contributed by atoms with Crippen molar-refractivity contribution in [3.8, 4) is 0 Å². The highest BCUT2D eigenvalue weighted by atomic mass is 32.2. The van der Waals surface area contributed by atoms with Crippen LogP contribution in [0.5, 0.6) is 0 Å². The Hall–Kier alpha value is -1.86. The van der Waals surface area contributed by atoms with Gasteiger partial charge in [0.15, 0.2) is 0 Å². The van der Waals surface area contributed by atoms with Crippen LogP contribution in [0.3, 0.4) is 0 Å². The maximum atomic E-state index is 10.7. The van der Waals surface area contributed by atoms with E-state index in [1.807, 2.05) is 13.8 Å². The first-order valence-electron chi connectivity index (χ1n) is 6.20. The third kappa shape index (κ3) is 2.79. The molecule has 0 fully saturated rings. The van der Waals surface area contributed by atoms with Gasteiger partial charge >= 0.3 is 0 Å². The van der Waals surface area contributed by atoms with Crippen molar-refractivity contribution in [1.29, 1.82) is 0 Å². The molecule has 5 nitrogen and oxygen atoms in total. The molecule has 1 aromatic rings. The van der Waals surface area contributed by atoms with Crippen LogP contribution in [0.2, 0.25) is 0 Å². The van der Waals surface area contributed by atoms with Crippen molar-refractivity contribution in [1.82, 2.24) is 0 Å². The van der Waals surface area contributed by atoms with Gasteiger partial charge in [-0.25, -0.2) is 4.40 Å². The molecule has 0 saturated heterocycles. The summed E-state index contributed by atoms with van der Waals surface area (Å²) in [5.74, 6) is 0. The first-order valence-corrected chi connectivity index (χ1v) is 7.79. The molecular weight excluding hydrogens is 306 g/mol. The lowest BCUT2D eigenvalue weighted by Crippen LogP contribution is -1.95. The first-order chi connectivity index (χ1) is 10.0. The lowest BCUT2D eigenvalue weighted by atomic mass is 10.2. The van der Waals surface area contributed by atoms with Crippen LogP contribution in [0.15, 0.2) is 55.2 Å². The van der Waals surface area contributed by atoms with E-state index in [4.69, 9.17) is 0 Å². The Balaban J connectivity index is 1.83. The average Bonchev–Trinajstić information content (AvgIpc) is 3.05. The van der Waals surface area contributed by atoms with Gasteiger partial charge in [-0.2, -0.15) is 0 Å². The summed E-state index contributed by atoms with van der Waals surface area (Å²) in [5.41, 5.74) is 4.10. The van der Waals surface area contributed by atoms with Gasteiger partial charge < -0.3 is 0 Å². The summed E-state index contributed by atoms with van der Waals surface area (Å²) >= 11 is 3.01. The predicted molar refractivity (Wildman–Crippen MR) is 88.7 cm³/mol. The molecular formula is C14H11N3O2S2.